The number of aromatic nitrogens is 1. The van der Waals surface area contributed by atoms with E-state index in [4.69, 9.17) is 5.26 Å². The molecule has 1 amide bonds. The number of aryl methyl sites for hydroxylation is 1. The third kappa shape index (κ3) is 6.79. The highest BCUT2D eigenvalue weighted by Crippen LogP contribution is 2.32. The fraction of sp³-hybridized carbons (Fsp3) is 0.385. The highest BCUT2D eigenvalue weighted by atomic mass is 32.1. The van der Waals surface area contributed by atoms with E-state index in [9.17, 15) is 18.0 Å². The highest BCUT2D eigenvalue weighted by Gasteiger charge is 2.29. The Morgan fingerprint density at radius 1 is 1.32 bits per heavy atom. The summed E-state index contributed by atoms with van der Waals surface area (Å²) in [5.74, 6) is 0.139. The van der Waals surface area contributed by atoms with Gasteiger partial charge < -0.3 is 10.3 Å². The van der Waals surface area contributed by atoms with Gasteiger partial charge >= 0.3 is 6.18 Å². The Labute approximate surface area is 222 Å². The van der Waals surface area contributed by atoms with Gasteiger partial charge in [0, 0.05) is 54.2 Å². The number of benzene rings is 1. The van der Waals surface area contributed by atoms with Gasteiger partial charge in [0.1, 0.15) is 16.8 Å². The topological polar surface area (TPSA) is 109 Å². The van der Waals surface area contributed by atoms with Gasteiger partial charge in [0.05, 0.1) is 12.5 Å². The quantitative estimate of drug-likeness (QED) is 0.227. The summed E-state index contributed by atoms with van der Waals surface area (Å²) >= 11 is 0.962. The van der Waals surface area contributed by atoms with E-state index in [0.717, 1.165) is 60.3 Å². The summed E-state index contributed by atoms with van der Waals surface area (Å²) in [7, 11) is 1.46. The Morgan fingerprint density at radius 3 is 2.74 bits per heavy atom. The van der Waals surface area contributed by atoms with Crippen LogP contribution in [0.15, 0.2) is 34.3 Å². The van der Waals surface area contributed by atoms with Crippen LogP contribution in [-0.2, 0) is 17.8 Å². The number of aliphatic imine (C=N–C) groups is 2. The molecule has 0 bridgehead atoms. The summed E-state index contributed by atoms with van der Waals surface area (Å²) in [6, 6.07) is 9.67. The lowest BCUT2D eigenvalue weighted by Crippen LogP contribution is -2.35. The lowest BCUT2D eigenvalue weighted by atomic mass is 10.0. The monoisotopic (exact) mass is 543 g/mol. The maximum absolute atomic E-state index is 13.0. The SMILES string of the molecule is CN=C(NC=O)Nc1sc(CC(F)(F)F)cc1C=NC1CCN(Cc2ccc3[nH]c(C#N)cc3c2C)CC1. The summed E-state index contributed by atoms with van der Waals surface area (Å²) in [5, 5.41) is 15.9. The highest BCUT2D eigenvalue weighted by molar-refractivity contribution is 7.16. The van der Waals surface area contributed by atoms with Crippen molar-refractivity contribution in [2.24, 2.45) is 9.98 Å². The fourth-order valence-corrected chi connectivity index (χ4v) is 5.60. The van der Waals surface area contributed by atoms with Crippen molar-refractivity contribution in [3.05, 3.63) is 51.5 Å². The molecule has 4 rings (SSSR count). The molecule has 1 aliphatic rings. The summed E-state index contributed by atoms with van der Waals surface area (Å²) in [4.78, 5) is 25.0. The number of H-pyrrole nitrogens is 1. The zero-order valence-electron chi connectivity index (χ0n) is 21.0. The lowest BCUT2D eigenvalue weighted by molar-refractivity contribution is -0.126. The second kappa shape index (κ2) is 11.8. The van der Waals surface area contributed by atoms with Crippen LogP contribution in [0, 0.1) is 18.3 Å². The van der Waals surface area contributed by atoms with Crippen molar-refractivity contribution in [1.82, 2.24) is 15.2 Å². The maximum atomic E-state index is 13.0. The predicted octanol–water partition coefficient (Wildman–Crippen LogP) is 4.74. The van der Waals surface area contributed by atoms with E-state index < -0.39 is 12.6 Å². The molecule has 1 saturated heterocycles. The minimum absolute atomic E-state index is 0.0592. The minimum atomic E-state index is -4.33. The van der Waals surface area contributed by atoms with Crippen molar-refractivity contribution in [3.63, 3.8) is 0 Å². The van der Waals surface area contributed by atoms with Crippen molar-refractivity contribution in [2.75, 3.05) is 25.5 Å². The molecule has 3 heterocycles. The van der Waals surface area contributed by atoms with Crippen LogP contribution in [0.4, 0.5) is 18.2 Å². The standard InChI is InChI=1S/C26H28F3N7OS/c1-16-17(3-4-23-22(16)10-20(12-30)34-23)14-36-7-5-19(6-8-36)32-13-18-9-21(11-26(27,28)29)38-24(18)35-25(31-2)33-15-37/h3-4,9-10,13,15,19,34H,5-8,11,14H2,1-2H3,(H2,31,33,35,37). The number of guanidine groups is 1. The molecule has 1 aliphatic heterocycles. The molecule has 200 valence electrons. The molecular formula is C26H28F3N7OS. The van der Waals surface area contributed by atoms with Crippen molar-refractivity contribution >= 4 is 45.8 Å². The third-order valence-corrected chi connectivity index (χ3v) is 7.58. The largest absolute Gasteiger partial charge is 0.393 e. The lowest BCUT2D eigenvalue weighted by Gasteiger charge is -2.30. The van der Waals surface area contributed by atoms with E-state index in [1.54, 1.807) is 6.21 Å². The van der Waals surface area contributed by atoms with Crippen LogP contribution in [0.5, 0.6) is 0 Å². The van der Waals surface area contributed by atoms with Crippen molar-refractivity contribution in [2.45, 2.75) is 44.9 Å². The number of amides is 1. The number of carbonyl (C=O) groups is 1. The first-order valence-corrected chi connectivity index (χ1v) is 12.9. The molecule has 0 aliphatic carbocycles. The van der Waals surface area contributed by atoms with Crippen LogP contribution in [0.1, 0.15) is 40.1 Å². The Hall–Kier alpha value is -3.69. The Bertz CT molecular complexity index is 1390. The number of thiophene rings is 1. The molecule has 3 aromatic rings. The number of anilines is 1. The van der Waals surface area contributed by atoms with Crippen LogP contribution in [0.25, 0.3) is 10.9 Å². The normalized spacial score (nSPS) is 15.7. The zero-order valence-corrected chi connectivity index (χ0v) is 21.8. The van der Waals surface area contributed by atoms with Crippen LogP contribution >= 0.6 is 11.3 Å². The molecule has 0 spiro atoms. The van der Waals surface area contributed by atoms with Gasteiger partial charge in [0.25, 0.3) is 0 Å². The van der Waals surface area contributed by atoms with Gasteiger partial charge in [-0.05, 0) is 49.1 Å². The number of fused-ring (bicyclic) bond motifs is 1. The van der Waals surface area contributed by atoms with Gasteiger partial charge in [-0.2, -0.15) is 18.4 Å². The van der Waals surface area contributed by atoms with Crippen LogP contribution in [-0.4, -0.2) is 60.8 Å². The van der Waals surface area contributed by atoms with E-state index in [1.807, 2.05) is 12.1 Å². The van der Waals surface area contributed by atoms with Gasteiger partial charge in [0.15, 0.2) is 0 Å². The fourth-order valence-electron chi connectivity index (χ4n) is 4.54. The molecule has 8 nitrogen and oxygen atoms in total. The summed E-state index contributed by atoms with van der Waals surface area (Å²) in [5.41, 5.74) is 4.40. The van der Waals surface area contributed by atoms with E-state index >= 15 is 0 Å². The number of likely N-dealkylation sites (tertiary alicyclic amines) is 1. The predicted molar refractivity (Wildman–Crippen MR) is 144 cm³/mol. The van der Waals surface area contributed by atoms with Crippen molar-refractivity contribution < 1.29 is 18.0 Å². The summed E-state index contributed by atoms with van der Waals surface area (Å²) in [6.07, 6.45) is -1.64. The Balaban J connectivity index is 1.41. The van der Waals surface area contributed by atoms with Crippen LogP contribution in [0.2, 0.25) is 0 Å². The minimum Gasteiger partial charge on any atom is -0.346 e. The molecule has 0 unspecified atom stereocenters. The zero-order chi connectivity index (χ0) is 27.3. The number of piperidine rings is 1. The molecule has 1 aromatic carbocycles. The first-order valence-electron chi connectivity index (χ1n) is 12.1. The van der Waals surface area contributed by atoms with E-state index in [0.29, 0.717) is 22.7 Å². The van der Waals surface area contributed by atoms with Crippen molar-refractivity contribution in [1.29, 1.82) is 5.26 Å². The second-order valence-electron chi connectivity index (χ2n) is 9.14. The van der Waals surface area contributed by atoms with Gasteiger partial charge in [-0.15, -0.1) is 11.3 Å². The van der Waals surface area contributed by atoms with Gasteiger partial charge in [-0.25, -0.2) is 0 Å². The number of hydrogen-bond acceptors (Lipinski definition) is 6. The average Bonchev–Trinajstić information content (AvgIpc) is 3.47. The van der Waals surface area contributed by atoms with Gasteiger partial charge in [-0.3, -0.25) is 25.0 Å². The number of nitrogens with one attached hydrogen (secondary N) is 3. The number of alkyl halides is 3. The van der Waals surface area contributed by atoms with E-state index in [-0.39, 0.29) is 16.9 Å². The number of aromatic amines is 1. The number of hydrogen-bond donors (Lipinski definition) is 3. The number of nitrogens with zero attached hydrogens (tertiary/aromatic N) is 4. The molecular weight excluding hydrogens is 515 g/mol. The van der Waals surface area contributed by atoms with Gasteiger partial charge in [-0.1, -0.05) is 6.07 Å². The molecule has 0 saturated carbocycles. The second-order valence-corrected chi connectivity index (χ2v) is 10.3. The van der Waals surface area contributed by atoms with Crippen LogP contribution in [0.3, 0.4) is 0 Å². The molecule has 38 heavy (non-hydrogen) atoms. The number of carbonyl (C=O) groups excluding carboxylic acids is 1. The number of halogens is 3. The summed E-state index contributed by atoms with van der Waals surface area (Å²) < 4.78 is 38.9. The van der Waals surface area contributed by atoms with Crippen molar-refractivity contribution in [3.8, 4) is 6.07 Å². The molecule has 1 fully saturated rings. The number of nitriles is 1. The molecule has 2 aromatic heterocycles. The summed E-state index contributed by atoms with van der Waals surface area (Å²) in [6.45, 7) is 4.57. The third-order valence-electron chi connectivity index (χ3n) is 6.52. The first-order chi connectivity index (χ1) is 18.2. The molecule has 0 atom stereocenters. The first kappa shape index (κ1) is 27.3. The number of rotatable bonds is 7. The van der Waals surface area contributed by atoms with E-state index in [2.05, 4.69) is 49.6 Å². The Kier molecular flexibility index (Phi) is 8.48. The smallest absolute Gasteiger partial charge is 0.346 e. The van der Waals surface area contributed by atoms with Crippen LogP contribution < -0.4 is 10.6 Å². The van der Waals surface area contributed by atoms with E-state index in [1.165, 1.54) is 18.7 Å². The molecule has 0 radical (unpaired) electrons. The van der Waals surface area contributed by atoms with Gasteiger partial charge in [0.2, 0.25) is 12.4 Å². The average molecular weight is 544 g/mol. The maximum Gasteiger partial charge on any atom is 0.393 e. The molecule has 3 N–H and O–H groups in total. The Morgan fingerprint density at radius 2 is 2.08 bits per heavy atom. The molecule has 12 heteroatoms.